The Balaban J connectivity index is 1.46. The van der Waals surface area contributed by atoms with Crippen molar-refractivity contribution in [3.63, 3.8) is 0 Å². The van der Waals surface area contributed by atoms with E-state index in [2.05, 4.69) is 6.92 Å². The van der Waals surface area contributed by atoms with Crippen LogP contribution in [0, 0.1) is 35.0 Å². The van der Waals surface area contributed by atoms with Crippen molar-refractivity contribution < 1.29 is 17.2 Å². The summed E-state index contributed by atoms with van der Waals surface area (Å²) in [6, 6.07) is 0. The Morgan fingerprint density at radius 3 is 2.52 bits per heavy atom. The van der Waals surface area contributed by atoms with E-state index in [1.807, 2.05) is 0 Å². The van der Waals surface area contributed by atoms with Gasteiger partial charge in [0.1, 0.15) is 0 Å². The van der Waals surface area contributed by atoms with Crippen molar-refractivity contribution in [2.24, 2.45) is 35.0 Å². The van der Waals surface area contributed by atoms with E-state index in [9.17, 15) is 8.42 Å². The molecule has 0 saturated heterocycles. The van der Waals surface area contributed by atoms with Crippen LogP contribution in [0.4, 0.5) is 0 Å². The molecule has 4 nitrogen and oxygen atoms in total. The Kier molecular flexibility index (Phi) is 4.05. The quantitative estimate of drug-likeness (QED) is 0.763. The third-order valence-corrected chi connectivity index (χ3v) is 8.46. The molecule has 1 N–H and O–H groups in total. The lowest BCUT2D eigenvalue weighted by Gasteiger charge is -2.55. The van der Waals surface area contributed by atoms with Gasteiger partial charge in [0, 0.05) is 0 Å². The van der Waals surface area contributed by atoms with Crippen LogP contribution in [0.25, 0.3) is 0 Å². The van der Waals surface area contributed by atoms with Gasteiger partial charge in [-0.2, -0.15) is 8.42 Å². The summed E-state index contributed by atoms with van der Waals surface area (Å²) in [6.07, 6.45) is 12.0. The van der Waals surface area contributed by atoms with Gasteiger partial charge in [0.25, 0.3) is 0 Å². The minimum Gasteiger partial charge on any atom is -0.264 e. The van der Waals surface area contributed by atoms with Crippen LogP contribution in [-0.2, 0) is 14.6 Å². The van der Waals surface area contributed by atoms with Gasteiger partial charge in [-0.1, -0.05) is 13.3 Å². The highest BCUT2D eigenvalue weighted by Gasteiger charge is 2.53. The van der Waals surface area contributed by atoms with E-state index >= 15 is 0 Å². The van der Waals surface area contributed by atoms with E-state index in [1.165, 1.54) is 44.9 Å². The Labute approximate surface area is 140 Å². The van der Waals surface area contributed by atoms with E-state index < -0.39 is 10.4 Å². The number of hydrogen-bond donors (Lipinski definition) is 1. The second kappa shape index (κ2) is 5.70. The maximum absolute atomic E-state index is 11.0. The molecule has 0 radical (unpaired) electrons. The molecular formula is C18H30O4S. The van der Waals surface area contributed by atoms with Crippen LogP contribution in [0.1, 0.15) is 71.1 Å². The fraction of sp³-hybridized carbons (Fsp3) is 1.00. The van der Waals surface area contributed by atoms with E-state index in [4.69, 9.17) is 8.74 Å². The lowest BCUT2D eigenvalue weighted by atomic mass is 9.50. The van der Waals surface area contributed by atoms with Crippen molar-refractivity contribution in [1.29, 1.82) is 0 Å². The highest BCUT2D eigenvalue weighted by atomic mass is 32.3. The van der Waals surface area contributed by atoms with Crippen LogP contribution in [0.3, 0.4) is 0 Å². The van der Waals surface area contributed by atoms with Crippen LogP contribution < -0.4 is 0 Å². The van der Waals surface area contributed by atoms with E-state index in [1.54, 1.807) is 0 Å². The van der Waals surface area contributed by atoms with Gasteiger partial charge >= 0.3 is 10.4 Å². The standard InChI is InChI=1S/C18H30O4S/c1-18-9-2-3-17(18)16-6-4-12-11-13(22-23(19,20)21)5-7-14(12)15(16)8-10-18/h12-17H,2-11H2,1H3,(H,19,20,21)/t12-,13-,14+,15-,16-,17+,18+/m1/s1. The average molecular weight is 343 g/mol. The summed E-state index contributed by atoms with van der Waals surface area (Å²) >= 11 is 0. The van der Waals surface area contributed by atoms with Gasteiger partial charge in [-0.25, -0.2) is 4.18 Å². The minimum atomic E-state index is -4.30. The summed E-state index contributed by atoms with van der Waals surface area (Å²) < 4.78 is 35.8. The molecule has 4 fully saturated rings. The third kappa shape index (κ3) is 2.98. The first kappa shape index (κ1) is 16.3. The summed E-state index contributed by atoms with van der Waals surface area (Å²) in [5.41, 5.74) is 0.610. The molecule has 4 saturated carbocycles. The Bertz CT molecular complexity index is 559. The van der Waals surface area contributed by atoms with E-state index in [-0.39, 0.29) is 6.10 Å². The molecule has 4 aliphatic rings. The predicted molar refractivity (Wildman–Crippen MR) is 88.1 cm³/mol. The molecule has 132 valence electrons. The molecule has 0 aromatic rings. The Morgan fingerprint density at radius 1 is 0.957 bits per heavy atom. The number of rotatable bonds is 2. The highest BCUT2D eigenvalue weighted by Crippen LogP contribution is 2.62. The maximum Gasteiger partial charge on any atom is 0.397 e. The van der Waals surface area contributed by atoms with E-state index in [0.717, 1.165) is 42.9 Å². The lowest BCUT2D eigenvalue weighted by Crippen LogP contribution is -2.48. The summed E-state index contributed by atoms with van der Waals surface area (Å²) in [5, 5.41) is 0. The SMILES string of the molecule is C[C@@]12CCC[C@H]1[C@@H]1CC[C@@H]3C[C@H](OS(=O)(=O)O)CC[C@@H]3[C@H]1CC2. The van der Waals surface area contributed by atoms with Crippen molar-refractivity contribution in [2.75, 3.05) is 0 Å². The molecular weight excluding hydrogens is 312 g/mol. The molecule has 0 unspecified atom stereocenters. The van der Waals surface area contributed by atoms with Crippen molar-refractivity contribution in [3.05, 3.63) is 0 Å². The number of fused-ring (bicyclic) bond motifs is 5. The van der Waals surface area contributed by atoms with Gasteiger partial charge in [-0.3, -0.25) is 4.55 Å². The van der Waals surface area contributed by atoms with Crippen molar-refractivity contribution in [2.45, 2.75) is 77.2 Å². The monoisotopic (exact) mass is 342 g/mol. The zero-order valence-corrected chi connectivity index (χ0v) is 14.9. The summed E-state index contributed by atoms with van der Waals surface area (Å²) in [6.45, 7) is 2.53. The van der Waals surface area contributed by atoms with Crippen LogP contribution in [0.5, 0.6) is 0 Å². The molecule has 5 heteroatoms. The zero-order valence-electron chi connectivity index (χ0n) is 14.1. The molecule has 7 atom stereocenters. The van der Waals surface area contributed by atoms with Gasteiger partial charge in [0.2, 0.25) is 0 Å². The Morgan fingerprint density at radius 2 is 1.74 bits per heavy atom. The topological polar surface area (TPSA) is 63.6 Å². The minimum absolute atomic E-state index is 0.303. The molecule has 4 aliphatic carbocycles. The van der Waals surface area contributed by atoms with Crippen molar-refractivity contribution in [1.82, 2.24) is 0 Å². The summed E-state index contributed by atoms with van der Waals surface area (Å²) in [7, 11) is -4.30. The first-order valence-electron chi connectivity index (χ1n) is 9.51. The normalized spacial score (nSPS) is 50.0. The fourth-order valence-corrected chi connectivity index (χ4v) is 7.58. The first-order chi connectivity index (χ1) is 10.9. The second-order valence-corrected chi connectivity index (χ2v) is 10.0. The van der Waals surface area contributed by atoms with Crippen LogP contribution in [0.15, 0.2) is 0 Å². The predicted octanol–water partition coefficient (Wildman–Crippen LogP) is 4.22. The molecule has 23 heavy (non-hydrogen) atoms. The maximum atomic E-state index is 11.0. The van der Waals surface area contributed by atoms with Crippen molar-refractivity contribution >= 4 is 10.4 Å². The molecule has 4 rings (SSSR count). The Hall–Kier alpha value is -0.130. The average Bonchev–Trinajstić information content (AvgIpc) is 2.86. The second-order valence-electron chi connectivity index (χ2n) is 8.98. The molecule has 0 spiro atoms. The molecule has 0 heterocycles. The van der Waals surface area contributed by atoms with Crippen LogP contribution in [0.2, 0.25) is 0 Å². The van der Waals surface area contributed by atoms with Crippen LogP contribution in [-0.4, -0.2) is 19.1 Å². The first-order valence-corrected chi connectivity index (χ1v) is 10.9. The molecule has 0 aromatic heterocycles. The summed E-state index contributed by atoms with van der Waals surface area (Å²) in [5.74, 6) is 4.07. The molecule has 0 bridgehead atoms. The smallest absolute Gasteiger partial charge is 0.264 e. The van der Waals surface area contributed by atoms with Gasteiger partial charge < -0.3 is 0 Å². The van der Waals surface area contributed by atoms with Gasteiger partial charge in [-0.05, 0) is 92.8 Å². The van der Waals surface area contributed by atoms with E-state index in [0.29, 0.717) is 11.3 Å². The molecule has 0 aromatic carbocycles. The molecule has 0 amide bonds. The third-order valence-electron chi connectivity index (χ3n) is 7.95. The largest absolute Gasteiger partial charge is 0.397 e. The van der Waals surface area contributed by atoms with Gasteiger partial charge in [0.15, 0.2) is 0 Å². The number of hydrogen-bond acceptors (Lipinski definition) is 3. The molecule has 0 aliphatic heterocycles. The highest BCUT2D eigenvalue weighted by molar-refractivity contribution is 7.80. The van der Waals surface area contributed by atoms with Gasteiger partial charge in [0.05, 0.1) is 6.10 Å². The zero-order chi connectivity index (χ0) is 16.2. The van der Waals surface area contributed by atoms with Crippen molar-refractivity contribution in [3.8, 4) is 0 Å². The van der Waals surface area contributed by atoms with Crippen LogP contribution >= 0.6 is 0 Å². The summed E-state index contributed by atoms with van der Waals surface area (Å²) in [4.78, 5) is 0. The fourth-order valence-electron chi connectivity index (χ4n) is 7.06. The van der Waals surface area contributed by atoms with Gasteiger partial charge in [-0.15, -0.1) is 0 Å². The lowest BCUT2D eigenvalue weighted by molar-refractivity contribution is -0.0645.